The smallest absolute Gasteiger partial charge is 0.0801 e. The standard InChI is InChI=1S/C6H14N2/c1-5(2)6(3)8-4-7/h4-6H,1-3H3,(H2,7,8). The Labute approximate surface area is 50.8 Å². The molecule has 0 heterocycles. The first-order chi connectivity index (χ1) is 3.68. The van der Waals surface area contributed by atoms with Crippen molar-refractivity contribution in [3.8, 4) is 0 Å². The highest BCUT2D eigenvalue weighted by Crippen LogP contribution is 2.02. The quantitative estimate of drug-likeness (QED) is 0.422. The van der Waals surface area contributed by atoms with Crippen LogP contribution in [0.2, 0.25) is 0 Å². The second-order valence-corrected chi connectivity index (χ2v) is 2.28. The second kappa shape index (κ2) is 3.47. The molecule has 0 fully saturated rings. The van der Waals surface area contributed by atoms with E-state index in [1.54, 1.807) is 0 Å². The number of hydrogen-bond donors (Lipinski definition) is 1. The summed E-state index contributed by atoms with van der Waals surface area (Å²) in [6.07, 6.45) is 1.37. The molecule has 2 nitrogen and oxygen atoms in total. The first-order valence-corrected chi connectivity index (χ1v) is 2.92. The van der Waals surface area contributed by atoms with Crippen LogP contribution in [0.1, 0.15) is 20.8 Å². The van der Waals surface area contributed by atoms with Crippen molar-refractivity contribution in [3.05, 3.63) is 0 Å². The molecule has 1 unspecified atom stereocenters. The number of nitrogens with zero attached hydrogens (tertiary/aromatic N) is 1. The molecule has 0 aromatic carbocycles. The molecule has 0 rings (SSSR count). The predicted octanol–water partition coefficient (Wildman–Crippen LogP) is 1.02. The van der Waals surface area contributed by atoms with Gasteiger partial charge in [-0.1, -0.05) is 13.8 Å². The lowest BCUT2D eigenvalue weighted by Crippen LogP contribution is -2.08. The van der Waals surface area contributed by atoms with E-state index in [-0.39, 0.29) is 0 Å². The minimum atomic E-state index is 0.361. The zero-order valence-corrected chi connectivity index (χ0v) is 5.76. The van der Waals surface area contributed by atoms with Crippen molar-refractivity contribution in [1.29, 1.82) is 0 Å². The minimum absolute atomic E-state index is 0.361. The van der Waals surface area contributed by atoms with Gasteiger partial charge in [0.05, 0.1) is 12.4 Å². The van der Waals surface area contributed by atoms with Crippen LogP contribution < -0.4 is 5.73 Å². The van der Waals surface area contributed by atoms with Gasteiger partial charge in [-0.2, -0.15) is 0 Å². The van der Waals surface area contributed by atoms with Crippen LogP contribution in [0.3, 0.4) is 0 Å². The minimum Gasteiger partial charge on any atom is -0.390 e. The van der Waals surface area contributed by atoms with E-state index < -0.39 is 0 Å². The molecule has 2 heteroatoms. The van der Waals surface area contributed by atoms with Gasteiger partial charge < -0.3 is 5.73 Å². The Morgan fingerprint density at radius 1 is 1.38 bits per heavy atom. The van der Waals surface area contributed by atoms with E-state index in [1.807, 2.05) is 6.92 Å². The highest BCUT2D eigenvalue weighted by atomic mass is 14.8. The van der Waals surface area contributed by atoms with E-state index in [1.165, 1.54) is 6.34 Å². The largest absolute Gasteiger partial charge is 0.390 e. The maximum absolute atomic E-state index is 5.08. The molecule has 0 aliphatic carbocycles. The molecular weight excluding hydrogens is 100 g/mol. The van der Waals surface area contributed by atoms with E-state index in [4.69, 9.17) is 5.73 Å². The summed E-state index contributed by atoms with van der Waals surface area (Å²) in [5.41, 5.74) is 5.08. The SMILES string of the molecule is CC(C)C(C)N=CN. The van der Waals surface area contributed by atoms with Crippen molar-refractivity contribution in [2.45, 2.75) is 26.8 Å². The molecule has 0 aliphatic rings. The summed E-state index contributed by atoms with van der Waals surface area (Å²) >= 11 is 0. The summed E-state index contributed by atoms with van der Waals surface area (Å²) in [5, 5.41) is 0. The van der Waals surface area contributed by atoms with Crippen molar-refractivity contribution >= 4 is 6.34 Å². The molecule has 48 valence electrons. The summed E-state index contributed by atoms with van der Waals surface area (Å²) in [7, 11) is 0. The van der Waals surface area contributed by atoms with E-state index >= 15 is 0 Å². The normalized spacial score (nSPS) is 15.5. The molecule has 0 aromatic rings. The molecule has 2 N–H and O–H groups in total. The summed E-state index contributed by atoms with van der Waals surface area (Å²) in [6, 6.07) is 0.361. The Kier molecular flexibility index (Phi) is 3.24. The summed E-state index contributed by atoms with van der Waals surface area (Å²) in [4.78, 5) is 3.98. The average Bonchev–Trinajstić information content (AvgIpc) is 1.67. The molecule has 0 spiro atoms. The molecular formula is C6H14N2. The topological polar surface area (TPSA) is 38.4 Å². The van der Waals surface area contributed by atoms with Gasteiger partial charge in [-0.25, -0.2) is 0 Å². The maximum atomic E-state index is 5.08. The van der Waals surface area contributed by atoms with Gasteiger partial charge in [-0.3, -0.25) is 4.99 Å². The molecule has 0 saturated carbocycles. The van der Waals surface area contributed by atoms with E-state index in [9.17, 15) is 0 Å². The van der Waals surface area contributed by atoms with E-state index in [0.29, 0.717) is 12.0 Å². The van der Waals surface area contributed by atoms with Gasteiger partial charge >= 0.3 is 0 Å². The summed E-state index contributed by atoms with van der Waals surface area (Å²) < 4.78 is 0. The van der Waals surface area contributed by atoms with Gasteiger partial charge in [-0.15, -0.1) is 0 Å². The van der Waals surface area contributed by atoms with Crippen molar-refractivity contribution in [2.75, 3.05) is 0 Å². The van der Waals surface area contributed by atoms with Crippen molar-refractivity contribution in [1.82, 2.24) is 0 Å². The van der Waals surface area contributed by atoms with Crippen molar-refractivity contribution in [2.24, 2.45) is 16.6 Å². The van der Waals surface area contributed by atoms with Crippen LogP contribution in [-0.2, 0) is 0 Å². The third kappa shape index (κ3) is 2.61. The van der Waals surface area contributed by atoms with Gasteiger partial charge in [0, 0.05) is 0 Å². The Balaban J connectivity index is 3.47. The van der Waals surface area contributed by atoms with E-state index in [0.717, 1.165) is 0 Å². The summed E-state index contributed by atoms with van der Waals surface area (Å²) in [5.74, 6) is 0.592. The number of nitrogens with two attached hydrogens (primary N) is 1. The monoisotopic (exact) mass is 114 g/mol. The predicted molar refractivity (Wildman–Crippen MR) is 37.0 cm³/mol. The van der Waals surface area contributed by atoms with Crippen LogP contribution in [0.4, 0.5) is 0 Å². The van der Waals surface area contributed by atoms with Gasteiger partial charge in [0.1, 0.15) is 0 Å². The van der Waals surface area contributed by atoms with Gasteiger partial charge in [-0.05, 0) is 12.8 Å². The Morgan fingerprint density at radius 3 is 2.00 bits per heavy atom. The molecule has 0 bridgehead atoms. The van der Waals surface area contributed by atoms with Gasteiger partial charge in [0.25, 0.3) is 0 Å². The average molecular weight is 114 g/mol. The fourth-order valence-electron chi connectivity index (χ4n) is 0.308. The zero-order valence-electron chi connectivity index (χ0n) is 5.76. The second-order valence-electron chi connectivity index (χ2n) is 2.28. The van der Waals surface area contributed by atoms with E-state index in [2.05, 4.69) is 18.8 Å². The fourth-order valence-corrected chi connectivity index (χ4v) is 0.308. The number of rotatable bonds is 2. The Morgan fingerprint density at radius 2 is 1.88 bits per heavy atom. The molecule has 0 aromatic heterocycles. The first-order valence-electron chi connectivity index (χ1n) is 2.92. The molecule has 8 heavy (non-hydrogen) atoms. The lowest BCUT2D eigenvalue weighted by Gasteiger charge is -2.07. The lowest BCUT2D eigenvalue weighted by molar-refractivity contribution is 0.532. The highest BCUT2D eigenvalue weighted by molar-refractivity contribution is 5.51. The first kappa shape index (κ1) is 7.47. The Bertz CT molecular complexity index is 76.6. The molecule has 1 atom stereocenters. The zero-order chi connectivity index (χ0) is 6.57. The fraction of sp³-hybridized carbons (Fsp3) is 0.833. The van der Waals surface area contributed by atoms with Crippen LogP contribution in [0.25, 0.3) is 0 Å². The van der Waals surface area contributed by atoms with Crippen LogP contribution >= 0.6 is 0 Å². The summed E-state index contributed by atoms with van der Waals surface area (Å²) in [6.45, 7) is 6.30. The third-order valence-electron chi connectivity index (χ3n) is 1.29. The third-order valence-corrected chi connectivity index (χ3v) is 1.29. The Hall–Kier alpha value is -0.530. The van der Waals surface area contributed by atoms with Crippen LogP contribution in [0.5, 0.6) is 0 Å². The molecule has 0 aliphatic heterocycles. The van der Waals surface area contributed by atoms with Gasteiger partial charge in [0.15, 0.2) is 0 Å². The van der Waals surface area contributed by atoms with Crippen LogP contribution in [0, 0.1) is 5.92 Å². The highest BCUT2D eigenvalue weighted by Gasteiger charge is 2.00. The maximum Gasteiger partial charge on any atom is 0.0801 e. The number of aliphatic imine (C=N–C) groups is 1. The molecule has 0 radical (unpaired) electrons. The van der Waals surface area contributed by atoms with Crippen LogP contribution in [0.15, 0.2) is 4.99 Å². The van der Waals surface area contributed by atoms with Crippen molar-refractivity contribution < 1.29 is 0 Å². The van der Waals surface area contributed by atoms with Gasteiger partial charge in [0.2, 0.25) is 0 Å². The lowest BCUT2D eigenvalue weighted by atomic mass is 10.1. The molecule has 0 amide bonds. The van der Waals surface area contributed by atoms with Crippen LogP contribution in [-0.4, -0.2) is 12.4 Å². The van der Waals surface area contributed by atoms with Crippen molar-refractivity contribution in [3.63, 3.8) is 0 Å². The number of hydrogen-bond acceptors (Lipinski definition) is 1. The molecule has 0 saturated heterocycles.